The van der Waals surface area contributed by atoms with Crippen molar-refractivity contribution in [2.45, 2.75) is 0 Å². The highest BCUT2D eigenvalue weighted by atomic mass is 14.9. The lowest BCUT2D eigenvalue weighted by molar-refractivity contribution is 1.18. The number of fused-ring (bicyclic) bond motifs is 6. The number of nitrogens with zero attached hydrogens (tertiary/aromatic N) is 2. The summed E-state index contributed by atoms with van der Waals surface area (Å²) in [6.07, 6.45) is 3.66. The minimum Gasteiger partial charge on any atom is -0.237 e. The van der Waals surface area contributed by atoms with E-state index < -0.39 is 0 Å². The molecule has 232 valence electrons. The van der Waals surface area contributed by atoms with Gasteiger partial charge < -0.3 is 0 Å². The summed E-state index contributed by atoms with van der Waals surface area (Å²) in [5.41, 5.74) is 8.26. The lowest BCUT2D eigenvalue weighted by Crippen LogP contribution is -1.94. The molecule has 2 heteroatoms. The largest absolute Gasteiger partial charge is 0.237 e. The van der Waals surface area contributed by atoms with Crippen LogP contribution in [0.3, 0.4) is 0 Å². The summed E-state index contributed by atoms with van der Waals surface area (Å²) in [4.78, 5) is 9.49. The third-order valence-electron chi connectivity index (χ3n) is 10.1. The summed E-state index contributed by atoms with van der Waals surface area (Å²) in [6, 6.07) is 61.6. The fourth-order valence-electron chi connectivity index (χ4n) is 7.82. The zero-order valence-electron chi connectivity index (χ0n) is 27.2. The van der Waals surface area contributed by atoms with E-state index >= 15 is 0 Å². The lowest BCUT2D eigenvalue weighted by atomic mass is 9.86. The zero-order valence-corrected chi connectivity index (χ0v) is 27.2. The van der Waals surface area contributed by atoms with Crippen LogP contribution in [0.4, 0.5) is 0 Å². The molecule has 1 heterocycles. The van der Waals surface area contributed by atoms with Crippen molar-refractivity contribution in [3.63, 3.8) is 0 Å². The molecule has 2 nitrogen and oxygen atoms in total. The molecule has 0 saturated heterocycles. The smallest absolute Gasteiger partial charge is 0.160 e. The first kappa shape index (κ1) is 28.4. The Kier molecular flexibility index (Phi) is 6.53. The second-order valence-electron chi connectivity index (χ2n) is 13.0. The lowest BCUT2D eigenvalue weighted by Gasteiger charge is -2.18. The van der Waals surface area contributed by atoms with Crippen LogP contribution in [-0.2, 0) is 0 Å². The minimum absolute atomic E-state index is 0.734. The molecular formula is C48H30N2. The van der Waals surface area contributed by atoms with Gasteiger partial charge in [-0.25, -0.2) is 9.97 Å². The van der Waals surface area contributed by atoms with Gasteiger partial charge in [0, 0.05) is 18.0 Å². The normalized spacial score (nSPS) is 11.6. The molecule has 0 atom stereocenters. The average molecular weight is 635 g/mol. The maximum Gasteiger partial charge on any atom is 0.160 e. The molecule has 50 heavy (non-hydrogen) atoms. The third kappa shape index (κ3) is 4.57. The fourth-order valence-corrected chi connectivity index (χ4v) is 7.82. The predicted octanol–water partition coefficient (Wildman–Crippen LogP) is 12.9. The Bertz CT molecular complexity index is 2890. The summed E-state index contributed by atoms with van der Waals surface area (Å²) in [6.45, 7) is 0. The number of hydrogen-bond acceptors (Lipinski definition) is 2. The minimum atomic E-state index is 0.734. The molecule has 10 aromatic rings. The number of hydrogen-bond donors (Lipinski definition) is 0. The molecule has 0 bridgehead atoms. The molecule has 9 aromatic carbocycles. The van der Waals surface area contributed by atoms with Gasteiger partial charge in [0.1, 0.15) is 0 Å². The Morgan fingerprint density at radius 2 is 0.900 bits per heavy atom. The SMILES string of the molecule is c1ccc(-c2ccc3c(-c4ccc(-c5cccc6c5ccc5cc7ccccc7cc56)cc4)c4ccccc4c(-c4ncccn4)c3c2)cc1. The molecule has 0 amide bonds. The van der Waals surface area contributed by atoms with Crippen LogP contribution in [0.2, 0.25) is 0 Å². The van der Waals surface area contributed by atoms with E-state index in [1.807, 2.05) is 18.5 Å². The van der Waals surface area contributed by atoms with Crippen molar-refractivity contribution in [1.82, 2.24) is 9.97 Å². The number of aromatic nitrogens is 2. The van der Waals surface area contributed by atoms with Crippen LogP contribution < -0.4 is 0 Å². The van der Waals surface area contributed by atoms with Crippen molar-refractivity contribution < 1.29 is 0 Å². The highest BCUT2D eigenvalue weighted by molar-refractivity contribution is 6.21. The first-order chi connectivity index (χ1) is 24.8. The predicted molar refractivity (Wildman–Crippen MR) is 211 cm³/mol. The third-order valence-corrected chi connectivity index (χ3v) is 10.1. The van der Waals surface area contributed by atoms with Crippen molar-refractivity contribution in [2.24, 2.45) is 0 Å². The monoisotopic (exact) mass is 634 g/mol. The second kappa shape index (κ2) is 11.5. The zero-order chi connectivity index (χ0) is 33.0. The summed E-state index contributed by atoms with van der Waals surface area (Å²) in [7, 11) is 0. The molecule has 0 radical (unpaired) electrons. The molecule has 0 N–H and O–H groups in total. The first-order valence-corrected chi connectivity index (χ1v) is 17.1. The Balaban J connectivity index is 1.17. The maximum atomic E-state index is 4.75. The van der Waals surface area contributed by atoms with Gasteiger partial charge in [-0.3, -0.25) is 0 Å². The number of rotatable bonds is 4. The van der Waals surface area contributed by atoms with Crippen LogP contribution in [0.15, 0.2) is 182 Å². The van der Waals surface area contributed by atoms with Crippen molar-refractivity contribution in [3.05, 3.63) is 182 Å². The topological polar surface area (TPSA) is 25.8 Å². The van der Waals surface area contributed by atoms with Crippen LogP contribution in [-0.4, -0.2) is 9.97 Å². The molecule has 1 aromatic heterocycles. The molecule has 0 saturated carbocycles. The van der Waals surface area contributed by atoms with E-state index in [-0.39, 0.29) is 0 Å². The molecule has 0 unspecified atom stereocenters. The Morgan fingerprint density at radius 1 is 0.280 bits per heavy atom. The van der Waals surface area contributed by atoms with Gasteiger partial charge >= 0.3 is 0 Å². The van der Waals surface area contributed by atoms with Gasteiger partial charge in [0.25, 0.3) is 0 Å². The average Bonchev–Trinajstić information content (AvgIpc) is 3.19. The van der Waals surface area contributed by atoms with Gasteiger partial charge in [0.2, 0.25) is 0 Å². The van der Waals surface area contributed by atoms with E-state index in [4.69, 9.17) is 9.97 Å². The van der Waals surface area contributed by atoms with Gasteiger partial charge in [-0.2, -0.15) is 0 Å². The molecule has 0 aliphatic rings. The molecular weight excluding hydrogens is 605 g/mol. The number of benzene rings is 9. The van der Waals surface area contributed by atoms with Gasteiger partial charge in [-0.05, 0) is 112 Å². The molecule has 0 fully saturated rings. The van der Waals surface area contributed by atoms with E-state index in [0.717, 1.165) is 22.2 Å². The van der Waals surface area contributed by atoms with E-state index in [9.17, 15) is 0 Å². The second-order valence-corrected chi connectivity index (χ2v) is 13.0. The van der Waals surface area contributed by atoms with Crippen molar-refractivity contribution in [3.8, 4) is 44.8 Å². The summed E-state index contributed by atoms with van der Waals surface area (Å²) < 4.78 is 0. The van der Waals surface area contributed by atoms with Crippen LogP contribution in [0.5, 0.6) is 0 Å². The van der Waals surface area contributed by atoms with Crippen molar-refractivity contribution in [2.75, 3.05) is 0 Å². The van der Waals surface area contributed by atoms with Crippen LogP contribution in [0.25, 0.3) is 98.6 Å². The van der Waals surface area contributed by atoms with E-state index in [1.165, 1.54) is 76.5 Å². The van der Waals surface area contributed by atoms with E-state index in [1.54, 1.807) is 0 Å². The molecule has 10 rings (SSSR count). The summed E-state index contributed by atoms with van der Waals surface area (Å²) >= 11 is 0. The molecule has 0 aliphatic carbocycles. The van der Waals surface area contributed by atoms with Crippen molar-refractivity contribution >= 4 is 53.9 Å². The van der Waals surface area contributed by atoms with Gasteiger partial charge in [0.15, 0.2) is 5.82 Å². The van der Waals surface area contributed by atoms with E-state index in [0.29, 0.717) is 0 Å². The highest BCUT2D eigenvalue weighted by Crippen LogP contribution is 2.44. The fraction of sp³-hybridized carbons (Fsp3) is 0. The Hall–Kier alpha value is -6.64. The Labute approximate surface area is 290 Å². The van der Waals surface area contributed by atoms with Crippen LogP contribution in [0, 0.1) is 0 Å². The van der Waals surface area contributed by atoms with Gasteiger partial charge in [0.05, 0.1) is 0 Å². The quantitative estimate of drug-likeness (QED) is 0.142. The first-order valence-electron chi connectivity index (χ1n) is 17.1. The van der Waals surface area contributed by atoms with Crippen LogP contribution >= 0.6 is 0 Å². The summed E-state index contributed by atoms with van der Waals surface area (Å²) in [5, 5.41) is 12.3. The van der Waals surface area contributed by atoms with Gasteiger partial charge in [-0.1, -0.05) is 146 Å². The standard InChI is InChI=1S/C48H30N2/c1-2-10-31(11-3-1)36-22-25-43-45(30-36)47(48-49-26-9-27-50-48)42-15-7-6-14-41(42)46(43)33-20-18-32(19-21-33)38-16-8-17-39-40(38)24-23-37-28-34-12-4-5-13-35(34)29-44(37)39/h1-30H. The Morgan fingerprint density at radius 3 is 1.70 bits per heavy atom. The summed E-state index contributed by atoms with van der Waals surface area (Å²) in [5.74, 6) is 0.734. The maximum absolute atomic E-state index is 4.75. The van der Waals surface area contributed by atoms with Gasteiger partial charge in [-0.15, -0.1) is 0 Å². The van der Waals surface area contributed by atoms with Crippen molar-refractivity contribution in [1.29, 1.82) is 0 Å². The molecule has 0 spiro atoms. The molecule has 0 aliphatic heterocycles. The highest BCUT2D eigenvalue weighted by Gasteiger charge is 2.19. The van der Waals surface area contributed by atoms with E-state index in [2.05, 4.69) is 164 Å². The van der Waals surface area contributed by atoms with Crippen LogP contribution in [0.1, 0.15) is 0 Å².